The van der Waals surface area contributed by atoms with E-state index in [1.165, 1.54) is 0 Å². The van der Waals surface area contributed by atoms with Gasteiger partial charge < -0.3 is 9.94 Å². The van der Waals surface area contributed by atoms with Gasteiger partial charge in [-0.2, -0.15) is 0 Å². The van der Waals surface area contributed by atoms with Crippen LogP contribution in [-0.4, -0.2) is 16.5 Å². The van der Waals surface area contributed by atoms with Crippen LogP contribution in [0.25, 0.3) is 0 Å². The first-order valence-corrected chi connectivity index (χ1v) is 4.62. The maximum Gasteiger partial charge on any atom is 0.129 e. The summed E-state index contributed by atoms with van der Waals surface area (Å²) in [5, 5.41) is 12.2. The van der Waals surface area contributed by atoms with Crippen molar-refractivity contribution in [3.05, 3.63) is 29.8 Å². The summed E-state index contributed by atoms with van der Waals surface area (Å²) in [7, 11) is 0. The van der Waals surface area contributed by atoms with Gasteiger partial charge in [0.15, 0.2) is 0 Å². The van der Waals surface area contributed by atoms with E-state index in [1.54, 1.807) is 0 Å². The smallest absolute Gasteiger partial charge is 0.129 e. The van der Waals surface area contributed by atoms with E-state index in [9.17, 15) is 0 Å². The minimum absolute atomic E-state index is 0.296. The molecule has 1 aliphatic rings. The highest BCUT2D eigenvalue weighted by molar-refractivity contribution is 6.03. The number of benzene rings is 1. The molecular weight excluding hydrogens is 178 g/mol. The minimum atomic E-state index is -0.296. The summed E-state index contributed by atoms with van der Waals surface area (Å²) in [6, 6.07) is 7.61. The number of nitrogens with zero attached hydrogens (tertiary/aromatic N) is 1. The van der Waals surface area contributed by atoms with E-state index in [4.69, 9.17) is 9.94 Å². The highest BCUT2D eigenvalue weighted by atomic mass is 16.5. The fourth-order valence-corrected chi connectivity index (χ4v) is 1.72. The van der Waals surface area contributed by atoms with E-state index >= 15 is 0 Å². The molecule has 1 aromatic rings. The molecule has 1 aromatic carbocycles. The molecule has 1 N–H and O–H groups in total. The summed E-state index contributed by atoms with van der Waals surface area (Å²) in [5.41, 5.74) is 1.28. The molecule has 3 heteroatoms. The molecule has 0 saturated heterocycles. The number of ether oxygens (including phenoxy) is 1. The summed E-state index contributed by atoms with van der Waals surface area (Å²) in [5.74, 6) is 0.788. The van der Waals surface area contributed by atoms with Crippen molar-refractivity contribution >= 4 is 5.71 Å². The summed E-state index contributed by atoms with van der Waals surface area (Å²) in [4.78, 5) is 0. The van der Waals surface area contributed by atoms with Crippen LogP contribution < -0.4 is 4.74 Å². The zero-order valence-electron chi connectivity index (χ0n) is 8.32. The Morgan fingerprint density at radius 3 is 2.79 bits per heavy atom. The molecule has 74 valence electrons. The number of hydrogen-bond donors (Lipinski definition) is 1. The molecule has 0 saturated carbocycles. The second kappa shape index (κ2) is 3.01. The van der Waals surface area contributed by atoms with Gasteiger partial charge in [-0.25, -0.2) is 0 Å². The Hall–Kier alpha value is -1.51. The second-order valence-corrected chi connectivity index (χ2v) is 4.08. The van der Waals surface area contributed by atoms with Crippen LogP contribution in [0.2, 0.25) is 0 Å². The first-order valence-electron chi connectivity index (χ1n) is 4.62. The predicted octanol–water partition coefficient (Wildman–Crippen LogP) is 2.43. The Balaban J connectivity index is 2.52. The van der Waals surface area contributed by atoms with Gasteiger partial charge in [0.05, 0.1) is 5.71 Å². The lowest BCUT2D eigenvalue weighted by Crippen LogP contribution is -2.36. The number of para-hydroxylation sites is 1. The Morgan fingerprint density at radius 2 is 2.07 bits per heavy atom. The Kier molecular flexibility index (Phi) is 1.95. The molecule has 0 radical (unpaired) electrons. The van der Waals surface area contributed by atoms with Crippen molar-refractivity contribution in [2.45, 2.75) is 25.9 Å². The Morgan fingerprint density at radius 1 is 1.36 bits per heavy atom. The number of oxime groups is 1. The normalized spacial score (nSPS) is 21.4. The van der Waals surface area contributed by atoms with Gasteiger partial charge in [0.1, 0.15) is 11.4 Å². The quantitative estimate of drug-likeness (QED) is 0.505. The highest BCUT2D eigenvalue weighted by Crippen LogP contribution is 2.32. The SMILES string of the molecule is CC1(C)C/C(=N/O)c2ccccc2O1. The molecule has 0 atom stereocenters. The zero-order chi connectivity index (χ0) is 10.2. The Labute approximate surface area is 83.0 Å². The van der Waals surface area contributed by atoms with Gasteiger partial charge in [-0.05, 0) is 26.0 Å². The lowest BCUT2D eigenvalue weighted by atomic mass is 9.92. The van der Waals surface area contributed by atoms with Gasteiger partial charge in [-0.15, -0.1) is 0 Å². The summed E-state index contributed by atoms with van der Waals surface area (Å²) < 4.78 is 5.76. The first-order chi connectivity index (χ1) is 6.62. The van der Waals surface area contributed by atoms with E-state index in [0.717, 1.165) is 11.3 Å². The molecule has 1 heterocycles. The summed E-state index contributed by atoms with van der Waals surface area (Å²) >= 11 is 0. The number of rotatable bonds is 0. The van der Waals surface area contributed by atoms with Crippen molar-refractivity contribution < 1.29 is 9.94 Å². The third-order valence-electron chi connectivity index (χ3n) is 2.30. The van der Waals surface area contributed by atoms with Crippen molar-refractivity contribution in [1.29, 1.82) is 0 Å². The topological polar surface area (TPSA) is 41.8 Å². The fraction of sp³-hybridized carbons (Fsp3) is 0.364. The van der Waals surface area contributed by atoms with Crippen LogP contribution in [0.3, 0.4) is 0 Å². The Bertz CT molecular complexity index is 383. The minimum Gasteiger partial charge on any atom is -0.487 e. The third-order valence-corrected chi connectivity index (χ3v) is 2.30. The van der Waals surface area contributed by atoms with Crippen LogP contribution in [0.5, 0.6) is 5.75 Å². The highest BCUT2D eigenvalue weighted by Gasteiger charge is 2.30. The lowest BCUT2D eigenvalue weighted by Gasteiger charge is -2.32. The van der Waals surface area contributed by atoms with Crippen LogP contribution in [0.15, 0.2) is 29.4 Å². The monoisotopic (exact) mass is 191 g/mol. The van der Waals surface area contributed by atoms with Crippen molar-refractivity contribution in [2.75, 3.05) is 0 Å². The van der Waals surface area contributed by atoms with Gasteiger partial charge in [-0.3, -0.25) is 0 Å². The van der Waals surface area contributed by atoms with Crippen LogP contribution in [-0.2, 0) is 0 Å². The molecule has 0 aliphatic carbocycles. The fourth-order valence-electron chi connectivity index (χ4n) is 1.72. The summed E-state index contributed by atoms with van der Waals surface area (Å²) in [6.07, 6.45) is 0.626. The van der Waals surface area contributed by atoms with E-state index in [1.807, 2.05) is 38.1 Å². The van der Waals surface area contributed by atoms with Crippen LogP contribution in [0.1, 0.15) is 25.8 Å². The molecule has 14 heavy (non-hydrogen) atoms. The molecule has 2 rings (SSSR count). The summed E-state index contributed by atoms with van der Waals surface area (Å²) in [6.45, 7) is 3.96. The van der Waals surface area contributed by atoms with Gasteiger partial charge in [0.2, 0.25) is 0 Å². The van der Waals surface area contributed by atoms with Crippen LogP contribution in [0, 0.1) is 0 Å². The third kappa shape index (κ3) is 1.45. The molecule has 0 amide bonds. The zero-order valence-corrected chi connectivity index (χ0v) is 8.32. The average Bonchev–Trinajstić information content (AvgIpc) is 2.15. The van der Waals surface area contributed by atoms with Crippen LogP contribution in [0.4, 0.5) is 0 Å². The molecule has 3 nitrogen and oxygen atoms in total. The molecule has 0 spiro atoms. The van der Waals surface area contributed by atoms with Gasteiger partial charge >= 0.3 is 0 Å². The van der Waals surface area contributed by atoms with E-state index < -0.39 is 0 Å². The predicted molar refractivity (Wildman–Crippen MR) is 54.1 cm³/mol. The maximum absolute atomic E-state index is 8.90. The molecule has 0 aromatic heterocycles. The largest absolute Gasteiger partial charge is 0.487 e. The van der Waals surface area contributed by atoms with Crippen molar-refractivity contribution in [3.63, 3.8) is 0 Å². The maximum atomic E-state index is 8.90. The van der Waals surface area contributed by atoms with Crippen LogP contribution >= 0.6 is 0 Å². The number of hydrogen-bond acceptors (Lipinski definition) is 3. The van der Waals surface area contributed by atoms with E-state index in [-0.39, 0.29) is 5.60 Å². The lowest BCUT2D eigenvalue weighted by molar-refractivity contribution is 0.109. The molecule has 0 unspecified atom stereocenters. The van der Waals surface area contributed by atoms with E-state index in [0.29, 0.717) is 12.1 Å². The van der Waals surface area contributed by atoms with Crippen molar-refractivity contribution in [1.82, 2.24) is 0 Å². The standard InChI is InChI=1S/C11H13NO2/c1-11(2)7-9(12-13)8-5-3-4-6-10(8)14-11/h3-6,13H,7H2,1-2H3/b12-9-. The van der Waals surface area contributed by atoms with E-state index in [2.05, 4.69) is 5.16 Å². The van der Waals surface area contributed by atoms with Crippen molar-refractivity contribution in [2.24, 2.45) is 5.16 Å². The average molecular weight is 191 g/mol. The van der Waals surface area contributed by atoms with Crippen molar-refractivity contribution in [3.8, 4) is 5.75 Å². The van der Waals surface area contributed by atoms with Gasteiger partial charge in [0.25, 0.3) is 0 Å². The van der Waals surface area contributed by atoms with Gasteiger partial charge in [-0.1, -0.05) is 17.3 Å². The number of fused-ring (bicyclic) bond motifs is 1. The second-order valence-electron chi connectivity index (χ2n) is 4.08. The first kappa shape index (κ1) is 9.06. The molecule has 0 bridgehead atoms. The van der Waals surface area contributed by atoms with Gasteiger partial charge in [0, 0.05) is 12.0 Å². The molecule has 0 fully saturated rings. The molecular formula is C11H13NO2. The molecule has 1 aliphatic heterocycles.